The number of nitrogens with one attached hydrogen (secondary N) is 1. The normalized spacial score (nSPS) is 12.4. The minimum Gasteiger partial charge on any atom is -0.458 e. The third-order valence-electron chi connectivity index (χ3n) is 5.37. The molecule has 9 nitrogen and oxygen atoms in total. The van der Waals surface area contributed by atoms with Crippen LogP contribution in [-0.4, -0.2) is 42.5 Å². The van der Waals surface area contributed by atoms with Gasteiger partial charge in [-0.15, -0.1) is 21.5 Å². The van der Waals surface area contributed by atoms with Crippen LogP contribution in [0.3, 0.4) is 0 Å². The number of benzene rings is 1. The van der Waals surface area contributed by atoms with E-state index in [0.717, 1.165) is 21.8 Å². The van der Waals surface area contributed by atoms with Crippen molar-refractivity contribution in [2.24, 2.45) is 0 Å². The van der Waals surface area contributed by atoms with Gasteiger partial charge in [0.1, 0.15) is 18.3 Å². The molecule has 10 heteroatoms. The number of hydrogen-bond acceptors (Lipinski definition) is 7. The van der Waals surface area contributed by atoms with E-state index in [9.17, 15) is 9.59 Å². The molecular weight excluding hydrogens is 476 g/mol. The van der Waals surface area contributed by atoms with Crippen molar-refractivity contribution in [2.75, 3.05) is 0 Å². The Kier molecular flexibility index (Phi) is 7.35. The summed E-state index contributed by atoms with van der Waals surface area (Å²) in [5.41, 5.74) is 1.32. The zero-order chi connectivity index (χ0) is 25.9. The van der Waals surface area contributed by atoms with Crippen LogP contribution in [0.15, 0.2) is 58.3 Å². The van der Waals surface area contributed by atoms with Gasteiger partial charge in [0.15, 0.2) is 5.76 Å². The lowest BCUT2D eigenvalue weighted by Gasteiger charge is -2.33. The van der Waals surface area contributed by atoms with Crippen LogP contribution < -0.4 is 5.32 Å². The summed E-state index contributed by atoms with van der Waals surface area (Å²) in [6.45, 7) is 9.65. The number of aromatic nitrogens is 4. The van der Waals surface area contributed by atoms with Gasteiger partial charge < -0.3 is 14.6 Å². The summed E-state index contributed by atoms with van der Waals surface area (Å²) in [5, 5.41) is 17.4. The number of thiophene rings is 1. The van der Waals surface area contributed by atoms with Gasteiger partial charge in [-0.05, 0) is 69.0 Å². The number of rotatable bonds is 8. The molecule has 1 aromatic carbocycles. The first-order valence-corrected chi connectivity index (χ1v) is 12.5. The summed E-state index contributed by atoms with van der Waals surface area (Å²) in [7, 11) is 0. The van der Waals surface area contributed by atoms with E-state index in [1.807, 2.05) is 82.5 Å². The van der Waals surface area contributed by atoms with E-state index in [0.29, 0.717) is 11.6 Å². The Balaban J connectivity index is 1.67. The molecule has 1 atom stereocenters. The molecule has 0 bridgehead atoms. The lowest BCUT2D eigenvalue weighted by Crippen LogP contribution is -2.49. The Morgan fingerprint density at radius 2 is 1.86 bits per heavy atom. The van der Waals surface area contributed by atoms with Crippen LogP contribution in [0.2, 0.25) is 0 Å². The van der Waals surface area contributed by atoms with Crippen molar-refractivity contribution in [3.05, 3.63) is 75.7 Å². The molecule has 3 heterocycles. The Hall–Kier alpha value is -3.79. The van der Waals surface area contributed by atoms with Crippen molar-refractivity contribution in [1.29, 1.82) is 0 Å². The van der Waals surface area contributed by atoms with Gasteiger partial charge in [0.2, 0.25) is 17.6 Å². The first-order valence-electron chi connectivity index (χ1n) is 11.6. The highest BCUT2D eigenvalue weighted by Crippen LogP contribution is 2.27. The van der Waals surface area contributed by atoms with Gasteiger partial charge >= 0.3 is 0 Å². The highest BCUT2D eigenvalue weighted by Gasteiger charge is 2.34. The lowest BCUT2D eigenvalue weighted by atomic mass is 10.0. The maximum Gasteiger partial charge on any atom is 0.247 e. The molecule has 2 amide bonds. The minimum absolute atomic E-state index is 0.177. The maximum atomic E-state index is 13.7. The van der Waals surface area contributed by atoms with Crippen LogP contribution in [0.5, 0.6) is 0 Å². The van der Waals surface area contributed by atoms with Crippen LogP contribution in [0.1, 0.15) is 48.6 Å². The Labute approximate surface area is 214 Å². The molecule has 0 aliphatic carbocycles. The van der Waals surface area contributed by atoms with Crippen molar-refractivity contribution in [1.82, 2.24) is 30.4 Å². The SMILES string of the molecule is Cc1ccc(C(C(=O)NC(C)(C)C)N(Cc2cccs2)C(=O)Cn2nnc(-c3ccc(C)o3)n2)cc1. The molecule has 4 aromatic rings. The standard InChI is InChI=1S/C26H30N6O3S/c1-17-8-11-19(12-9-17)23(25(34)27-26(3,4)5)31(15-20-7-6-14-36-20)22(33)16-32-29-24(28-30-32)21-13-10-18(2)35-21/h6-14,23H,15-16H2,1-5H3,(H,27,34). The smallest absolute Gasteiger partial charge is 0.247 e. The van der Waals surface area contributed by atoms with E-state index in [1.54, 1.807) is 11.0 Å². The molecule has 1 N–H and O–H groups in total. The highest BCUT2D eigenvalue weighted by atomic mass is 32.1. The topological polar surface area (TPSA) is 106 Å². The molecule has 0 radical (unpaired) electrons. The van der Waals surface area contributed by atoms with Crippen molar-refractivity contribution in [3.8, 4) is 11.6 Å². The van der Waals surface area contributed by atoms with Crippen molar-refractivity contribution < 1.29 is 14.0 Å². The fraction of sp³-hybridized carbons (Fsp3) is 0.346. The second kappa shape index (κ2) is 10.4. The average Bonchev–Trinajstić information content (AvgIpc) is 3.56. The first kappa shape index (κ1) is 25.3. The number of carbonyl (C=O) groups excluding carboxylic acids is 2. The zero-order valence-electron chi connectivity index (χ0n) is 21.1. The third-order valence-corrected chi connectivity index (χ3v) is 6.23. The molecule has 0 aliphatic heterocycles. The van der Waals surface area contributed by atoms with Crippen LogP contribution in [-0.2, 0) is 22.7 Å². The minimum atomic E-state index is -0.838. The number of furan rings is 1. The van der Waals surface area contributed by atoms with Crippen LogP contribution >= 0.6 is 11.3 Å². The summed E-state index contributed by atoms with van der Waals surface area (Å²) in [4.78, 5) is 31.1. The Morgan fingerprint density at radius 1 is 1.11 bits per heavy atom. The first-order chi connectivity index (χ1) is 17.1. The average molecular weight is 507 g/mol. The predicted octanol–water partition coefficient (Wildman–Crippen LogP) is 4.30. The summed E-state index contributed by atoms with van der Waals surface area (Å²) in [5.74, 6) is 0.933. The summed E-state index contributed by atoms with van der Waals surface area (Å²) in [6, 6.07) is 14.3. The zero-order valence-corrected chi connectivity index (χ0v) is 21.9. The summed E-state index contributed by atoms with van der Waals surface area (Å²) in [6.07, 6.45) is 0. The molecule has 1 unspecified atom stereocenters. The maximum absolute atomic E-state index is 13.7. The Bertz CT molecular complexity index is 1320. The molecule has 0 saturated heterocycles. The summed E-state index contributed by atoms with van der Waals surface area (Å²) < 4.78 is 5.56. The van der Waals surface area contributed by atoms with Gasteiger partial charge in [-0.25, -0.2) is 0 Å². The van der Waals surface area contributed by atoms with Crippen LogP contribution in [0, 0.1) is 13.8 Å². The number of carbonyl (C=O) groups is 2. The molecule has 0 saturated carbocycles. The largest absolute Gasteiger partial charge is 0.458 e. The number of tetrazole rings is 1. The number of aryl methyl sites for hydroxylation is 2. The van der Waals surface area contributed by atoms with Gasteiger partial charge in [0.25, 0.3) is 0 Å². The molecule has 0 fully saturated rings. The van der Waals surface area contributed by atoms with Crippen LogP contribution in [0.4, 0.5) is 0 Å². The van der Waals surface area contributed by atoms with E-state index in [1.165, 1.54) is 16.1 Å². The number of nitrogens with zero attached hydrogens (tertiary/aromatic N) is 5. The lowest BCUT2D eigenvalue weighted by molar-refractivity contribution is -0.143. The van der Waals surface area contributed by atoms with Crippen molar-refractivity contribution in [3.63, 3.8) is 0 Å². The molecule has 188 valence electrons. The van der Waals surface area contributed by atoms with Gasteiger partial charge in [0.05, 0.1) is 6.54 Å². The highest BCUT2D eigenvalue weighted by molar-refractivity contribution is 7.09. The van der Waals surface area contributed by atoms with E-state index in [4.69, 9.17) is 4.42 Å². The predicted molar refractivity (Wildman–Crippen MR) is 137 cm³/mol. The molecule has 36 heavy (non-hydrogen) atoms. The number of amides is 2. The summed E-state index contributed by atoms with van der Waals surface area (Å²) >= 11 is 1.53. The molecule has 4 rings (SSSR count). The van der Waals surface area contributed by atoms with E-state index < -0.39 is 11.6 Å². The quantitative estimate of drug-likeness (QED) is 0.382. The van der Waals surface area contributed by atoms with Gasteiger partial charge in [0, 0.05) is 10.4 Å². The van der Waals surface area contributed by atoms with Crippen molar-refractivity contribution in [2.45, 2.75) is 59.3 Å². The van der Waals surface area contributed by atoms with Gasteiger partial charge in [-0.1, -0.05) is 35.9 Å². The Morgan fingerprint density at radius 3 is 2.47 bits per heavy atom. The second-order valence-corrected chi connectivity index (χ2v) is 10.7. The van der Waals surface area contributed by atoms with E-state index in [2.05, 4.69) is 20.7 Å². The van der Waals surface area contributed by atoms with Crippen molar-refractivity contribution >= 4 is 23.2 Å². The fourth-order valence-corrected chi connectivity index (χ4v) is 4.43. The fourth-order valence-electron chi connectivity index (χ4n) is 3.73. The third kappa shape index (κ3) is 6.25. The molecule has 3 aromatic heterocycles. The van der Waals surface area contributed by atoms with Gasteiger partial charge in [-0.3, -0.25) is 9.59 Å². The number of hydrogen-bond donors (Lipinski definition) is 1. The van der Waals surface area contributed by atoms with Crippen LogP contribution in [0.25, 0.3) is 11.6 Å². The molecular formula is C26H30N6O3S. The molecule has 0 aliphatic rings. The van der Waals surface area contributed by atoms with E-state index >= 15 is 0 Å². The van der Waals surface area contributed by atoms with Gasteiger partial charge in [-0.2, -0.15) is 4.80 Å². The molecule has 0 spiro atoms. The van der Waals surface area contributed by atoms with E-state index in [-0.39, 0.29) is 24.9 Å². The second-order valence-electron chi connectivity index (χ2n) is 9.71. The monoisotopic (exact) mass is 506 g/mol.